The maximum Gasteiger partial charge on any atom is 0.257 e. The number of carbonyl (C=O) groups is 1. The molecule has 0 fully saturated rings. The smallest absolute Gasteiger partial charge is 0.257 e. The Kier molecular flexibility index (Phi) is 9.25. The van der Waals surface area contributed by atoms with Gasteiger partial charge in [-0.05, 0) is 54.8 Å². The van der Waals surface area contributed by atoms with E-state index in [1.807, 2.05) is 36.4 Å². The van der Waals surface area contributed by atoms with Crippen LogP contribution in [0.15, 0.2) is 48.5 Å². The van der Waals surface area contributed by atoms with Gasteiger partial charge in [-0.1, -0.05) is 19.1 Å². The van der Waals surface area contributed by atoms with Gasteiger partial charge in [-0.3, -0.25) is 4.79 Å². The van der Waals surface area contributed by atoms with Crippen molar-refractivity contribution in [1.82, 2.24) is 5.32 Å². The fraction of sp³-hybridized carbons (Fsp3) is 0.316. The summed E-state index contributed by atoms with van der Waals surface area (Å²) in [6.07, 6.45) is 1.73. The zero-order valence-corrected chi connectivity index (χ0v) is 15.2. The Balaban J connectivity index is 0.00000312. The number of nitrogen functional groups attached to an aromatic ring is 1. The molecule has 3 N–H and O–H groups in total. The summed E-state index contributed by atoms with van der Waals surface area (Å²) in [4.78, 5) is 11.8. The fourth-order valence-corrected chi connectivity index (χ4v) is 2.08. The van der Waals surface area contributed by atoms with E-state index in [1.165, 1.54) is 0 Å². The molecule has 0 aliphatic rings. The van der Waals surface area contributed by atoms with E-state index in [9.17, 15) is 4.79 Å². The summed E-state index contributed by atoms with van der Waals surface area (Å²) in [5.41, 5.74) is 7.51. The zero-order chi connectivity index (χ0) is 17.2. The van der Waals surface area contributed by atoms with Crippen molar-refractivity contribution in [3.05, 3.63) is 54.1 Å². The molecule has 0 atom stereocenters. The van der Waals surface area contributed by atoms with Crippen molar-refractivity contribution < 1.29 is 14.3 Å². The predicted molar refractivity (Wildman–Crippen MR) is 103 cm³/mol. The summed E-state index contributed by atoms with van der Waals surface area (Å²) in [7, 11) is 0. The first-order valence-corrected chi connectivity index (χ1v) is 8.14. The minimum atomic E-state index is -0.142. The van der Waals surface area contributed by atoms with Gasteiger partial charge in [0.25, 0.3) is 5.91 Å². The van der Waals surface area contributed by atoms with E-state index >= 15 is 0 Å². The molecular weight excluding hydrogens is 340 g/mol. The lowest BCUT2D eigenvalue weighted by atomic mass is 10.1. The third-order valence-corrected chi connectivity index (χ3v) is 3.38. The third-order valence-electron chi connectivity index (χ3n) is 3.38. The molecule has 2 aromatic rings. The highest BCUT2D eigenvalue weighted by atomic mass is 35.5. The monoisotopic (exact) mass is 364 g/mol. The van der Waals surface area contributed by atoms with Crippen molar-refractivity contribution in [3.8, 4) is 11.5 Å². The summed E-state index contributed by atoms with van der Waals surface area (Å²) >= 11 is 0. The van der Waals surface area contributed by atoms with Crippen LogP contribution in [-0.2, 0) is 11.2 Å². The zero-order valence-electron chi connectivity index (χ0n) is 14.4. The molecular formula is C19H25ClN2O3. The molecule has 0 aliphatic heterocycles. The summed E-state index contributed by atoms with van der Waals surface area (Å²) in [5, 5.41) is 2.84. The lowest BCUT2D eigenvalue weighted by molar-refractivity contribution is -0.123. The molecule has 25 heavy (non-hydrogen) atoms. The molecule has 0 radical (unpaired) electrons. The van der Waals surface area contributed by atoms with Crippen LogP contribution in [0.1, 0.15) is 18.9 Å². The topological polar surface area (TPSA) is 73.6 Å². The van der Waals surface area contributed by atoms with Gasteiger partial charge in [-0.15, -0.1) is 12.4 Å². The molecule has 0 bridgehead atoms. The Morgan fingerprint density at radius 2 is 1.60 bits per heavy atom. The van der Waals surface area contributed by atoms with Crippen molar-refractivity contribution in [2.24, 2.45) is 0 Å². The second-order valence-corrected chi connectivity index (χ2v) is 5.45. The number of hydrogen-bond acceptors (Lipinski definition) is 4. The summed E-state index contributed by atoms with van der Waals surface area (Å²) < 4.78 is 11.0. The summed E-state index contributed by atoms with van der Waals surface area (Å²) in [6.45, 7) is 3.31. The number of halogens is 1. The van der Waals surface area contributed by atoms with Gasteiger partial charge in [-0.25, -0.2) is 0 Å². The quantitative estimate of drug-likeness (QED) is 0.670. The van der Waals surface area contributed by atoms with E-state index < -0.39 is 0 Å². The predicted octanol–water partition coefficient (Wildman–Crippen LogP) is 3.22. The van der Waals surface area contributed by atoms with Crippen LogP contribution in [0, 0.1) is 0 Å². The van der Waals surface area contributed by atoms with Crippen LogP contribution in [0.25, 0.3) is 0 Å². The van der Waals surface area contributed by atoms with Crippen molar-refractivity contribution in [2.45, 2.75) is 19.8 Å². The van der Waals surface area contributed by atoms with Crippen molar-refractivity contribution in [3.63, 3.8) is 0 Å². The van der Waals surface area contributed by atoms with Crippen molar-refractivity contribution in [2.75, 3.05) is 25.5 Å². The minimum absolute atomic E-state index is 0. The van der Waals surface area contributed by atoms with Gasteiger partial charge in [0.1, 0.15) is 11.5 Å². The molecule has 0 unspecified atom stereocenters. The van der Waals surface area contributed by atoms with Crippen LogP contribution in [-0.4, -0.2) is 25.7 Å². The third kappa shape index (κ3) is 7.81. The van der Waals surface area contributed by atoms with E-state index in [2.05, 4.69) is 12.2 Å². The molecule has 0 aliphatic carbocycles. The van der Waals surface area contributed by atoms with E-state index in [1.54, 1.807) is 12.1 Å². The van der Waals surface area contributed by atoms with Crippen molar-refractivity contribution in [1.29, 1.82) is 0 Å². The molecule has 136 valence electrons. The average Bonchev–Trinajstić information content (AvgIpc) is 2.61. The van der Waals surface area contributed by atoms with E-state index in [4.69, 9.17) is 15.2 Å². The summed E-state index contributed by atoms with van der Waals surface area (Å²) in [6, 6.07) is 14.9. The highest BCUT2D eigenvalue weighted by Crippen LogP contribution is 2.17. The second-order valence-electron chi connectivity index (χ2n) is 5.45. The lowest BCUT2D eigenvalue weighted by Crippen LogP contribution is -2.30. The molecule has 0 saturated carbocycles. The number of anilines is 1. The SMILES string of the molecule is CCCOc1ccc(OCC(=O)NCCc2ccc(N)cc2)cc1.Cl. The van der Waals surface area contributed by atoms with Crippen molar-refractivity contribution >= 4 is 24.0 Å². The average molecular weight is 365 g/mol. The fourth-order valence-electron chi connectivity index (χ4n) is 2.08. The van der Waals surface area contributed by atoms with Gasteiger partial charge in [0.2, 0.25) is 0 Å². The molecule has 5 nitrogen and oxygen atoms in total. The Hall–Kier alpha value is -2.40. The van der Waals surface area contributed by atoms with Crippen LogP contribution in [0.3, 0.4) is 0 Å². The highest BCUT2D eigenvalue weighted by Gasteiger charge is 2.03. The number of rotatable bonds is 9. The first-order valence-electron chi connectivity index (χ1n) is 8.14. The van der Waals surface area contributed by atoms with Crippen LogP contribution in [0.2, 0.25) is 0 Å². The van der Waals surface area contributed by atoms with Gasteiger partial charge in [0, 0.05) is 12.2 Å². The number of carbonyl (C=O) groups excluding carboxylic acids is 1. The summed E-state index contributed by atoms with van der Waals surface area (Å²) in [5.74, 6) is 1.31. The molecule has 0 saturated heterocycles. The number of hydrogen-bond donors (Lipinski definition) is 2. The second kappa shape index (κ2) is 11.2. The minimum Gasteiger partial charge on any atom is -0.494 e. The molecule has 6 heteroatoms. The first kappa shape index (κ1) is 20.6. The van der Waals surface area contributed by atoms with Gasteiger partial charge >= 0.3 is 0 Å². The Morgan fingerprint density at radius 3 is 2.20 bits per heavy atom. The van der Waals surface area contributed by atoms with Crippen LogP contribution < -0.4 is 20.5 Å². The molecule has 2 rings (SSSR count). The molecule has 0 aromatic heterocycles. The lowest BCUT2D eigenvalue weighted by Gasteiger charge is -2.09. The van der Waals surface area contributed by atoms with Crippen LogP contribution in [0.5, 0.6) is 11.5 Å². The largest absolute Gasteiger partial charge is 0.494 e. The van der Waals surface area contributed by atoms with Crippen LogP contribution in [0.4, 0.5) is 5.69 Å². The Bertz CT molecular complexity index is 630. The van der Waals surface area contributed by atoms with E-state index in [-0.39, 0.29) is 24.9 Å². The standard InChI is InChI=1S/C19H24N2O3.ClH/c1-2-13-23-17-7-9-18(10-8-17)24-14-19(22)21-12-11-15-3-5-16(20)6-4-15;/h3-10H,2,11-14,20H2,1H3,(H,21,22);1H. The Morgan fingerprint density at radius 1 is 1.00 bits per heavy atom. The number of amides is 1. The first-order chi connectivity index (χ1) is 11.7. The normalized spacial score (nSPS) is 9.80. The van der Waals surface area contributed by atoms with Gasteiger partial charge in [-0.2, -0.15) is 0 Å². The van der Waals surface area contributed by atoms with Gasteiger partial charge in [0.15, 0.2) is 6.61 Å². The molecule has 0 spiro atoms. The molecule has 1 amide bonds. The molecule has 2 aromatic carbocycles. The number of benzene rings is 2. The maximum absolute atomic E-state index is 11.8. The number of nitrogens with one attached hydrogen (secondary N) is 1. The molecule has 0 heterocycles. The van der Waals surface area contributed by atoms with E-state index in [0.29, 0.717) is 18.9 Å². The van der Waals surface area contributed by atoms with Crippen LogP contribution >= 0.6 is 12.4 Å². The highest BCUT2D eigenvalue weighted by molar-refractivity contribution is 5.85. The Labute approximate surface area is 154 Å². The number of nitrogens with two attached hydrogens (primary N) is 1. The van der Waals surface area contributed by atoms with Gasteiger partial charge < -0.3 is 20.5 Å². The van der Waals surface area contributed by atoms with Gasteiger partial charge in [0.05, 0.1) is 6.61 Å². The number of ether oxygens (including phenoxy) is 2. The maximum atomic E-state index is 11.8. The van der Waals surface area contributed by atoms with E-state index in [0.717, 1.165) is 29.8 Å².